The molecule has 0 spiro atoms. The Labute approximate surface area is 149 Å². The molecule has 3 aromatic rings. The first-order valence-electron chi connectivity index (χ1n) is 8.04. The van der Waals surface area contributed by atoms with E-state index in [1.165, 1.54) is 6.20 Å². The molecule has 0 radical (unpaired) electrons. The van der Waals surface area contributed by atoms with Crippen molar-refractivity contribution in [1.82, 2.24) is 19.7 Å². The van der Waals surface area contributed by atoms with Crippen LogP contribution >= 0.6 is 0 Å². The van der Waals surface area contributed by atoms with Crippen molar-refractivity contribution in [2.45, 2.75) is 20.0 Å². The number of nitrogens with two attached hydrogens (primary N) is 1. The van der Waals surface area contributed by atoms with Crippen LogP contribution in [0.2, 0.25) is 0 Å². The molecule has 0 bridgehead atoms. The quantitative estimate of drug-likeness (QED) is 0.510. The first-order valence-corrected chi connectivity index (χ1v) is 8.04. The van der Waals surface area contributed by atoms with E-state index in [0.717, 1.165) is 12.2 Å². The summed E-state index contributed by atoms with van der Waals surface area (Å²) in [4.78, 5) is 20.1. The Kier molecular flexibility index (Phi) is 4.97. The zero-order chi connectivity index (χ0) is 18.5. The van der Waals surface area contributed by atoms with Gasteiger partial charge < -0.3 is 21.5 Å². The van der Waals surface area contributed by atoms with Gasteiger partial charge in [-0.1, -0.05) is 18.2 Å². The maximum absolute atomic E-state index is 11.6. The third-order valence-electron chi connectivity index (χ3n) is 3.71. The number of anilines is 3. The molecule has 0 unspecified atom stereocenters. The number of nitrogens with zero attached hydrogens (tertiary/aromatic N) is 4. The standard InChI is InChI=1S/C17H19N7O2/c1-2-24-10-12(8-21-24)22-17-20-9-13(15(18)26)16(23-17)19-7-11-5-3-4-6-14(11)25/h3-6,8-10,25H,2,7H2,1H3,(H2,18,26)(H2,19,20,22,23). The minimum Gasteiger partial charge on any atom is -0.508 e. The molecular formula is C17H19N7O2. The largest absolute Gasteiger partial charge is 0.508 e. The van der Waals surface area contributed by atoms with Crippen LogP contribution in [0.25, 0.3) is 0 Å². The van der Waals surface area contributed by atoms with Crippen molar-refractivity contribution in [3.8, 4) is 5.75 Å². The van der Waals surface area contributed by atoms with E-state index in [-0.39, 0.29) is 23.7 Å². The van der Waals surface area contributed by atoms with Gasteiger partial charge in [0, 0.05) is 31.0 Å². The summed E-state index contributed by atoms with van der Waals surface area (Å²) >= 11 is 0. The van der Waals surface area contributed by atoms with E-state index < -0.39 is 5.91 Å². The zero-order valence-corrected chi connectivity index (χ0v) is 14.2. The Balaban J connectivity index is 1.82. The number of nitrogens with one attached hydrogen (secondary N) is 2. The molecular weight excluding hydrogens is 334 g/mol. The SMILES string of the molecule is CCn1cc(Nc2ncc(C(N)=O)c(NCc3ccccc3O)n2)cn1. The molecule has 9 heteroatoms. The summed E-state index contributed by atoms with van der Waals surface area (Å²) in [6.45, 7) is 3.00. The van der Waals surface area contributed by atoms with Gasteiger partial charge in [0.2, 0.25) is 5.95 Å². The molecule has 9 nitrogen and oxygen atoms in total. The first kappa shape index (κ1) is 17.2. The number of amides is 1. The monoisotopic (exact) mass is 353 g/mol. The van der Waals surface area contributed by atoms with Crippen LogP contribution in [0, 0.1) is 0 Å². The molecule has 2 heterocycles. The van der Waals surface area contributed by atoms with Crippen molar-refractivity contribution < 1.29 is 9.90 Å². The Morgan fingerprint density at radius 3 is 2.81 bits per heavy atom. The van der Waals surface area contributed by atoms with Gasteiger partial charge in [-0.15, -0.1) is 0 Å². The Morgan fingerprint density at radius 2 is 2.12 bits per heavy atom. The second-order valence-corrected chi connectivity index (χ2v) is 5.51. The van der Waals surface area contributed by atoms with E-state index in [2.05, 4.69) is 25.7 Å². The van der Waals surface area contributed by atoms with E-state index >= 15 is 0 Å². The summed E-state index contributed by atoms with van der Waals surface area (Å²) in [7, 11) is 0. The normalized spacial score (nSPS) is 10.5. The number of hydrogen-bond acceptors (Lipinski definition) is 7. The predicted molar refractivity (Wildman–Crippen MR) is 97.2 cm³/mol. The second-order valence-electron chi connectivity index (χ2n) is 5.51. The van der Waals surface area contributed by atoms with E-state index in [4.69, 9.17) is 5.73 Å². The van der Waals surface area contributed by atoms with Gasteiger partial charge in [0.1, 0.15) is 11.6 Å². The lowest BCUT2D eigenvalue weighted by atomic mass is 10.2. The number of rotatable bonds is 7. The third kappa shape index (κ3) is 3.89. The van der Waals surface area contributed by atoms with Crippen molar-refractivity contribution >= 4 is 23.4 Å². The van der Waals surface area contributed by atoms with E-state index in [0.29, 0.717) is 11.5 Å². The Morgan fingerprint density at radius 1 is 1.31 bits per heavy atom. The van der Waals surface area contributed by atoms with E-state index in [1.807, 2.05) is 19.2 Å². The highest BCUT2D eigenvalue weighted by Crippen LogP contribution is 2.20. The van der Waals surface area contributed by atoms with Crippen LogP contribution in [-0.4, -0.2) is 30.8 Å². The molecule has 0 aliphatic carbocycles. The molecule has 0 saturated heterocycles. The number of aromatic hydroxyl groups is 1. The first-order chi connectivity index (χ1) is 12.6. The summed E-state index contributed by atoms with van der Waals surface area (Å²) in [5.74, 6) is 0.0849. The van der Waals surface area contributed by atoms with Crippen LogP contribution in [-0.2, 0) is 13.1 Å². The minimum absolute atomic E-state index is 0.153. The molecule has 1 aromatic carbocycles. The minimum atomic E-state index is -0.643. The van der Waals surface area contributed by atoms with Crippen LogP contribution in [0.15, 0.2) is 42.9 Å². The van der Waals surface area contributed by atoms with Gasteiger partial charge in [-0.05, 0) is 13.0 Å². The highest BCUT2D eigenvalue weighted by atomic mass is 16.3. The van der Waals surface area contributed by atoms with Crippen LogP contribution in [0.4, 0.5) is 17.5 Å². The molecule has 134 valence electrons. The second kappa shape index (κ2) is 7.51. The Hall–Kier alpha value is -3.62. The van der Waals surface area contributed by atoms with E-state index in [9.17, 15) is 9.90 Å². The molecule has 2 aromatic heterocycles. The van der Waals surface area contributed by atoms with Gasteiger partial charge in [0.25, 0.3) is 5.91 Å². The molecule has 0 atom stereocenters. The lowest BCUT2D eigenvalue weighted by Crippen LogP contribution is -2.17. The number of phenolic OH excluding ortho intramolecular Hbond substituents is 1. The highest BCUT2D eigenvalue weighted by molar-refractivity contribution is 5.97. The van der Waals surface area contributed by atoms with Gasteiger partial charge in [-0.25, -0.2) is 4.98 Å². The van der Waals surface area contributed by atoms with Gasteiger partial charge in [0.05, 0.1) is 17.4 Å². The van der Waals surface area contributed by atoms with Crippen LogP contribution in [0.5, 0.6) is 5.75 Å². The number of phenols is 1. The van der Waals surface area contributed by atoms with E-state index in [1.54, 1.807) is 29.1 Å². The van der Waals surface area contributed by atoms with Crippen molar-refractivity contribution in [1.29, 1.82) is 0 Å². The lowest BCUT2D eigenvalue weighted by molar-refractivity contribution is 0.100. The third-order valence-corrected chi connectivity index (χ3v) is 3.71. The smallest absolute Gasteiger partial charge is 0.254 e. The van der Waals surface area contributed by atoms with Crippen molar-refractivity contribution in [3.05, 3.63) is 54.0 Å². The number of benzene rings is 1. The average Bonchev–Trinajstić information content (AvgIpc) is 3.08. The lowest BCUT2D eigenvalue weighted by Gasteiger charge is -2.11. The molecule has 1 amide bonds. The molecule has 3 rings (SSSR count). The number of primary amides is 1. The molecule has 0 saturated carbocycles. The number of hydrogen-bond donors (Lipinski definition) is 4. The summed E-state index contributed by atoms with van der Waals surface area (Å²) in [6.07, 6.45) is 4.83. The summed E-state index contributed by atoms with van der Waals surface area (Å²) in [6, 6.07) is 6.90. The molecule has 0 aliphatic rings. The zero-order valence-electron chi connectivity index (χ0n) is 14.2. The number of carbonyl (C=O) groups excluding carboxylic acids is 1. The number of aryl methyl sites for hydroxylation is 1. The van der Waals surface area contributed by atoms with Crippen LogP contribution in [0.3, 0.4) is 0 Å². The summed E-state index contributed by atoms with van der Waals surface area (Å²) in [5.41, 5.74) is 6.95. The van der Waals surface area contributed by atoms with Crippen molar-refractivity contribution in [3.63, 3.8) is 0 Å². The van der Waals surface area contributed by atoms with Gasteiger partial charge in [0.15, 0.2) is 0 Å². The molecule has 26 heavy (non-hydrogen) atoms. The van der Waals surface area contributed by atoms with Gasteiger partial charge >= 0.3 is 0 Å². The van der Waals surface area contributed by atoms with Gasteiger partial charge in [-0.2, -0.15) is 10.1 Å². The Bertz CT molecular complexity index is 923. The fraction of sp³-hybridized carbons (Fsp3) is 0.176. The number of aromatic nitrogens is 4. The topological polar surface area (TPSA) is 131 Å². The fourth-order valence-electron chi connectivity index (χ4n) is 2.33. The maximum atomic E-state index is 11.6. The fourth-order valence-corrected chi connectivity index (χ4v) is 2.33. The number of para-hydroxylation sites is 1. The molecule has 0 aliphatic heterocycles. The van der Waals surface area contributed by atoms with Crippen molar-refractivity contribution in [2.24, 2.45) is 5.73 Å². The summed E-state index contributed by atoms with van der Waals surface area (Å²) < 4.78 is 1.76. The molecule has 0 fully saturated rings. The van der Waals surface area contributed by atoms with Crippen LogP contribution < -0.4 is 16.4 Å². The van der Waals surface area contributed by atoms with Crippen LogP contribution in [0.1, 0.15) is 22.8 Å². The number of carbonyl (C=O) groups is 1. The maximum Gasteiger partial charge on any atom is 0.254 e. The highest BCUT2D eigenvalue weighted by Gasteiger charge is 2.13. The predicted octanol–water partition coefficient (Wildman–Crippen LogP) is 1.85. The molecule has 5 N–H and O–H groups in total. The van der Waals surface area contributed by atoms with Gasteiger partial charge in [-0.3, -0.25) is 9.48 Å². The average molecular weight is 353 g/mol. The van der Waals surface area contributed by atoms with Crippen molar-refractivity contribution in [2.75, 3.05) is 10.6 Å². The summed E-state index contributed by atoms with van der Waals surface area (Å²) in [5, 5.41) is 20.1.